The number of hydrogen-bond donors (Lipinski definition) is 0. The van der Waals surface area contributed by atoms with Crippen LogP contribution in [0, 0.1) is 13.8 Å². The highest BCUT2D eigenvalue weighted by Gasteiger charge is 2.16. The van der Waals surface area contributed by atoms with Crippen molar-refractivity contribution in [2.75, 3.05) is 31.1 Å². The van der Waals surface area contributed by atoms with Gasteiger partial charge in [0.05, 0.1) is 0 Å². The molecule has 2 rings (SSSR count). The average molecular weight is 218 g/mol. The molecule has 86 valence electrons. The number of nitrogens with zero attached hydrogens (tertiary/aromatic N) is 2. The van der Waals surface area contributed by atoms with Gasteiger partial charge in [-0.2, -0.15) is 0 Å². The molecule has 0 radical (unpaired) electrons. The standard InChI is InChI=1S/C13H18N2O/c1-11-3-4-13(12(2)9-11)15-7-5-14(10-16)6-8-15/h3-4,9-10H,5-8H2,1-2H3. The molecule has 1 heterocycles. The Kier molecular flexibility index (Phi) is 3.13. The summed E-state index contributed by atoms with van der Waals surface area (Å²) in [4.78, 5) is 14.8. The maximum absolute atomic E-state index is 10.6. The minimum atomic E-state index is 0.830. The molecule has 16 heavy (non-hydrogen) atoms. The molecule has 0 aliphatic carbocycles. The van der Waals surface area contributed by atoms with Crippen LogP contribution in [0.25, 0.3) is 0 Å². The molecule has 0 unspecified atom stereocenters. The van der Waals surface area contributed by atoms with Gasteiger partial charge >= 0.3 is 0 Å². The quantitative estimate of drug-likeness (QED) is 0.704. The SMILES string of the molecule is Cc1ccc(N2CCN(C=O)CC2)c(C)c1. The second kappa shape index (κ2) is 4.56. The predicted molar refractivity (Wildman–Crippen MR) is 65.8 cm³/mol. The van der Waals surface area contributed by atoms with E-state index in [9.17, 15) is 4.79 Å². The number of carbonyl (C=O) groups excluding carboxylic acids is 1. The predicted octanol–water partition coefficient (Wildman–Crippen LogP) is 1.58. The van der Waals surface area contributed by atoms with Gasteiger partial charge in [0.2, 0.25) is 6.41 Å². The third-order valence-electron chi connectivity index (χ3n) is 3.16. The minimum absolute atomic E-state index is 0.830. The normalized spacial score (nSPS) is 16.4. The Balaban J connectivity index is 2.11. The zero-order chi connectivity index (χ0) is 11.5. The number of benzene rings is 1. The van der Waals surface area contributed by atoms with Crippen molar-refractivity contribution in [3.63, 3.8) is 0 Å². The first-order valence-corrected chi connectivity index (χ1v) is 5.72. The van der Waals surface area contributed by atoms with E-state index in [0.29, 0.717) is 0 Å². The summed E-state index contributed by atoms with van der Waals surface area (Å²) in [6, 6.07) is 6.54. The first-order valence-electron chi connectivity index (χ1n) is 5.72. The van der Waals surface area contributed by atoms with E-state index in [1.54, 1.807) is 0 Å². The van der Waals surface area contributed by atoms with Crippen molar-refractivity contribution >= 4 is 12.1 Å². The van der Waals surface area contributed by atoms with Crippen LogP contribution in [0.2, 0.25) is 0 Å². The molecule has 0 N–H and O–H groups in total. The molecule has 0 saturated carbocycles. The molecule has 1 aromatic carbocycles. The lowest BCUT2D eigenvalue weighted by molar-refractivity contribution is -0.118. The summed E-state index contributed by atoms with van der Waals surface area (Å²) in [6.45, 7) is 7.79. The molecule has 1 aromatic rings. The highest BCUT2D eigenvalue weighted by atomic mass is 16.1. The minimum Gasteiger partial charge on any atom is -0.368 e. The van der Waals surface area contributed by atoms with Crippen molar-refractivity contribution in [2.45, 2.75) is 13.8 Å². The first kappa shape index (κ1) is 11.0. The van der Waals surface area contributed by atoms with Gasteiger partial charge in [0, 0.05) is 31.9 Å². The molecule has 0 spiro atoms. The number of aryl methyl sites for hydroxylation is 2. The molecular weight excluding hydrogens is 200 g/mol. The fraction of sp³-hybridized carbons (Fsp3) is 0.462. The van der Waals surface area contributed by atoms with Crippen molar-refractivity contribution in [3.05, 3.63) is 29.3 Å². The Morgan fingerprint density at radius 1 is 1.12 bits per heavy atom. The van der Waals surface area contributed by atoms with Crippen molar-refractivity contribution in [1.82, 2.24) is 4.90 Å². The van der Waals surface area contributed by atoms with Crippen LogP contribution >= 0.6 is 0 Å². The first-order chi connectivity index (χ1) is 7.70. The second-order valence-corrected chi connectivity index (χ2v) is 4.42. The molecular formula is C13H18N2O. The lowest BCUT2D eigenvalue weighted by atomic mass is 10.1. The molecule has 1 saturated heterocycles. The Labute approximate surface area is 96.7 Å². The molecule has 3 nitrogen and oxygen atoms in total. The van der Waals surface area contributed by atoms with E-state index in [1.165, 1.54) is 16.8 Å². The van der Waals surface area contributed by atoms with E-state index >= 15 is 0 Å². The summed E-state index contributed by atoms with van der Waals surface area (Å²) < 4.78 is 0. The Morgan fingerprint density at radius 2 is 1.81 bits per heavy atom. The van der Waals surface area contributed by atoms with E-state index in [-0.39, 0.29) is 0 Å². The maximum Gasteiger partial charge on any atom is 0.209 e. The number of piperazine rings is 1. The lowest BCUT2D eigenvalue weighted by Crippen LogP contribution is -2.45. The fourth-order valence-electron chi connectivity index (χ4n) is 2.23. The summed E-state index contributed by atoms with van der Waals surface area (Å²) in [7, 11) is 0. The van der Waals surface area contributed by atoms with Crippen LogP contribution in [0.3, 0.4) is 0 Å². The summed E-state index contributed by atoms with van der Waals surface area (Å²) in [5.74, 6) is 0. The third kappa shape index (κ3) is 2.18. The van der Waals surface area contributed by atoms with Crippen molar-refractivity contribution < 1.29 is 4.79 Å². The van der Waals surface area contributed by atoms with E-state index in [4.69, 9.17) is 0 Å². The second-order valence-electron chi connectivity index (χ2n) is 4.42. The third-order valence-corrected chi connectivity index (χ3v) is 3.16. The van der Waals surface area contributed by atoms with E-state index in [2.05, 4.69) is 36.9 Å². The van der Waals surface area contributed by atoms with E-state index < -0.39 is 0 Å². The van der Waals surface area contributed by atoms with Gasteiger partial charge < -0.3 is 9.80 Å². The number of carbonyl (C=O) groups is 1. The van der Waals surface area contributed by atoms with Gasteiger partial charge in [0.25, 0.3) is 0 Å². The van der Waals surface area contributed by atoms with Gasteiger partial charge in [-0.15, -0.1) is 0 Å². The summed E-state index contributed by atoms with van der Waals surface area (Å²) in [5.41, 5.74) is 3.92. The molecule has 0 aromatic heterocycles. The number of amides is 1. The highest BCUT2D eigenvalue weighted by molar-refractivity contribution is 5.56. The monoisotopic (exact) mass is 218 g/mol. The topological polar surface area (TPSA) is 23.6 Å². The lowest BCUT2D eigenvalue weighted by Gasteiger charge is -2.35. The number of anilines is 1. The largest absolute Gasteiger partial charge is 0.368 e. The molecule has 1 fully saturated rings. The molecule has 1 amide bonds. The van der Waals surface area contributed by atoms with Crippen LogP contribution in [0.5, 0.6) is 0 Å². The van der Waals surface area contributed by atoms with Gasteiger partial charge in [0.1, 0.15) is 0 Å². The zero-order valence-corrected chi connectivity index (χ0v) is 9.94. The van der Waals surface area contributed by atoms with Gasteiger partial charge in [-0.05, 0) is 25.5 Å². The molecule has 3 heteroatoms. The Morgan fingerprint density at radius 3 is 2.38 bits per heavy atom. The summed E-state index contributed by atoms with van der Waals surface area (Å²) in [6.07, 6.45) is 0.944. The molecule has 0 atom stereocenters. The average Bonchev–Trinajstić information content (AvgIpc) is 2.29. The molecule has 1 aliphatic rings. The van der Waals surface area contributed by atoms with Crippen molar-refractivity contribution in [3.8, 4) is 0 Å². The molecule has 1 aliphatic heterocycles. The summed E-state index contributed by atoms with van der Waals surface area (Å²) in [5, 5.41) is 0. The van der Waals surface area contributed by atoms with Gasteiger partial charge in [-0.25, -0.2) is 0 Å². The van der Waals surface area contributed by atoms with Crippen molar-refractivity contribution in [2.24, 2.45) is 0 Å². The molecule has 0 bridgehead atoms. The highest BCUT2D eigenvalue weighted by Crippen LogP contribution is 2.22. The fourth-order valence-corrected chi connectivity index (χ4v) is 2.23. The van der Waals surface area contributed by atoms with Gasteiger partial charge in [0.15, 0.2) is 0 Å². The summed E-state index contributed by atoms with van der Waals surface area (Å²) >= 11 is 0. The van der Waals surface area contributed by atoms with E-state index in [0.717, 1.165) is 32.6 Å². The van der Waals surface area contributed by atoms with E-state index in [1.807, 2.05) is 4.90 Å². The van der Waals surface area contributed by atoms with Crippen molar-refractivity contribution in [1.29, 1.82) is 0 Å². The van der Waals surface area contributed by atoms with Crippen LogP contribution in [0.1, 0.15) is 11.1 Å². The number of rotatable bonds is 2. The van der Waals surface area contributed by atoms with Gasteiger partial charge in [-0.3, -0.25) is 4.79 Å². The number of hydrogen-bond acceptors (Lipinski definition) is 2. The smallest absolute Gasteiger partial charge is 0.209 e. The van der Waals surface area contributed by atoms with Crippen LogP contribution in [0.15, 0.2) is 18.2 Å². The van der Waals surface area contributed by atoms with Crippen LogP contribution in [-0.2, 0) is 4.79 Å². The zero-order valence-electron chi connectivity index (χ0n) is 9.94. The van der Waals surface area contributed by atoms with Gasteiger partial charge in [-0.1, -0.05) is 17.7 Å². The van der Waals surface area contributed by atoms with Crippen LogP contribution in [-0.4, -0.2) is 37.5 Å². The van der Waals surface area contributed by atoms with Crippen LogP contribution in [0.4, 0.5) is 5.69 Å². The maximum atomic E-state index is 10.6. The Bertz CT molecular complexity index is 382. The van der Waals surface area contributed by atoms with Crippen LogP contribution < -0.4 is 4.90 Å². The Hall–Kier alpha value is -1.51.